The molecule has 10 rings (SSSR count). The van der Waals surface area contributed by atoms with Gasteiger partial charge in [-0.1, -0.05) is 25.1 Å². The van der Waals surface area contributed by atoms with E-state index in [1.807, 2.05) is 29.9 Å². The number of aromatic nitrogens is 4. The summed E-state index contributed by atoms with van der Waals surface area (Å²) in [5, 5.41) is 11.5. The summed E-state index contributed by atoms with van der Waals surface area (Å²) in [5.74, 6) is 0.589. The molecule has 0 radical (unpaired) electrons. The van der Waals surface area contributed by atoms with Crippen LogP contribution in [0, 0.1) is 5.92 Å². The Bertz CT molecular complexity index is 2620. The molecule has 1 aliphatic carbocycles. The lowest BCUT2D eigenvalue weighted by atomic mass is 9.84. The van der Waals surface area contributed by atoms with Gasteiger partial charge in [0.05, 0.1) is 34.1 Å². The van der Waals surface area contributed by atoms with Crippen molar-refractivity contribution in [3.63, 3.8) is 0 Å². The molecule has 4 saturated heterocycles. The third-order valence-electron chi connectivity index (χ3n) is 16.6. The summed E-state index contributed by atoms with van der Waals surface area (Å²) in [6, 6.07) is 13.4. The number of benzene rings is 2. The number of nitrogens with one attached hydrogen (secondary N) is 2. The SMILES string of the molecule is CCC1CCCCN1c1ccnc(C(=CN)C(=O)Nc2cc3c(cc2N2CCCCC2)C(=O)N(C2CCC(CN(C)C4CCN(Cc5cccc6c(C7CCC(=O)NC7=O)nn(C)c56)CC4)CC2)C3)n1. The van der Waals surface area contributed by atoms with E-state index in [4.69, 9.17) is 15.8 Å². The molecule has 5 aliphatic heterocycles. The maximum absolute atomic E-state index is 14.3. The van der Waals surface area contributed by atoms with Crippen LogP contribution in [-0.2, 0) is 34.5 Å². The summed E-state index contributed by atoms with van der Waals surface area (Å²) in [7, 11) is 4.25. The fourth-order valence-electron chi connectivity index (χ4n) is 12.7. The Kier molecular flexibility index (Phi) is 14.2. The second-order valence-electron chi connectivity index (χ2n) is 21.0. The number of likely N-dealkylation sites (tertiary alicyclic amines) is 1. The molecule has 6 aliphatic rings. The number of piperidine rings is 4. The van der Waals surface area contributed by atoms with Crippen molar-refractivity contribution in [2.24, 2.45) is 18.7 Å². The van der Waals surface area contributed by atoms with Gasteiger partial charge in [0.15, 0.2) is 5.82 Å². The highest BCUT2D eigenvalue weighted by atomic mass is 16.2. The van der Waals surface area contributed by atoms with Gasteiger partial charge in [0.2, 0.25) is 11.8 Å². The van der Waals surface area contributed by atoms with Crippen LogP contribution in [0.15, 0.2) is 48.8 Å². The molecule has 2 unspecified atom stereocenters. The summed E-state index contributed by atoms with van der Waals surface area (Å²) >= 11 is 0. The molecule has 16 nitrogen and oxygen atoms in total. The molecule has 4 aromatic rings. The highest BCUT2D eigenvalue weighted by Gasteiger charge is 2.38. The Balaban J connectivity index is 0.743. The third-order valence-corrected chi connectivity index (χ3v) is 16.6. The molecule has 4 amide bonds. The lowest BCUT2D eigenvalue weighted by molar-refractivity contribution is -0.134. The van der Waals surface area contributed by atoms with E-state index in [1.165, 1.54) is 24.6 Å². The number of imide groups is 1. The number of anilines is 3. The molecule has 2 aromatic heterocycles. The molecule has 70 heavy (non-hydrogen) atoms. The number of fused-ring (bicyclic) bond motifs is 2. The van der Waals surface area contributed by atoms with E-state index >= 15 is 0 Å². The first-order valence-corrected chi connectivity index (χ1v) is 26.3. The van der Waals surface area contributed by atoms with E-state index in [0.717, 1.165) is 156 Å². The maximum Gasteiger partial charge on any atom is 0.261 e. The summed E-state index contributed by atoms with van der Waals surface area (Å²) in [6.07, 6.45) is 18.0. The van der Waals surface area contributed by atoms with Crippen LogP contribution in [0.2, 0.25) is 0 Å². The first kappa shape index (κ1) is 47.8. The summed E-state index contributed by atoms with van der Waals surface area (Å²) < 4.78 is 1.91. The molecule has 16 heteroatoms. The molecular weight excluding hydrogens is 881 g/mol. The van der Waals surface area contributed by atoms with Crippen molar-refractivity contribution in [2.75, 3.05) is 61.4 Å². The molecule has 0 bridgehead atoms. The van der Waals surface area contributed by atoms with Crippen molar-refractivity contribution in [1.29, 1.82) is 0 Å². The van der Waals surface area contributed by atoms with Crippen LogP contribution in [0.25, 0.3) is 16.5 Å². The number of hydrogen-bond acceptors (Lipinski definition) is 12. The molecule has 0 spiro atoms. The highest BCUT2D eigenvalue weighted by molar-refractivity contribution is 6.25. The van der Waals surface area contributed by atoms with Gasteiger partial charge < -0.3 is 30.7 Å². The van der Waals surface area contributed by atoms with Crippen LogP contribution >= 0.6 is 0 Å². The van der Waals surface area contributed by atoms with Gasteiger partial charge in [-0.05, 0) is 145 Å². The van der Waals surface area contributed by atoms with Crippen molar-refractivity contribution >= 4 is 57.3 Å². The average molecular weight is 953 g/mol. The zero-order valence-corrected chi connectivity index (χ0v) is 41.5. The second-order valence-corrected chi connectivity index (χ2v) is 21.0. The minimum atomic E-state index is -0.412. The smallest absolute Gasteiger partial charge is 0.261 e. The van der Waals surface area contributed by atoms with E-state index in [-0.39, 0.29) is 35.2 Å². The molecular formula is C54H72N12O4. The van der Waals surface area contributed by atoms with Gasteiger partial charge in [-0.2, -0.15) is 5.10 Å². The Morgan fingerprint density at radius 3 is 2.46 bits per heavy atom. The zero-order valence-electron chi connectivity index (χ0n) is 41.5. The van der Waals surface area contributed by atoms with Crippen molar-refractivity contribution in [2.45, 2.75) is 140 Å². The van der Waals surface area contributed by atoms with Crippen LogP contribution in [0.4, 0.5) is 17.2 Å². The number of para-hydroxylation sites is 1. The fourth-order valence-corrected chi connectivity index (χ4v) is 12.7. The van der Waals surface area contributed by atoms with Crippen LogP contribution in [0.3, 0.4) is 0 Å². The summed E-state index contributed by atoms with van der Waals surface area (Å²) in [5.41, 5.74) is 12.7. The van der Waals surface area contributed by atoms with Crippen LogP contribution in [0.5, 0.6) is 0 Å². The van der Waals surface area contributed by atoms with Gasteiger partial charge in [-0.25, -0.2) is 9.97 Å². The number of aryl methyl sites for hydroxylation is 1. The van der Waals surface area contributed by atoms with Crippen molar-refractivity contribution in [3.05, 3.63) is 77.0 Å². The zero-order chi connectivity index (χ0) is 48.5. The van der Waals surface area contributed by atoms with Gasteiger partial charge in [0, 0.05) is 94.2 Å². The minimum absolute atomic E-state index is 0.101. The molecule has 5 fully saturated rings. The van der Waals surface area contributed by atoms with E-state index < -0.39 is 5.92 Å². The Labute approximate surface area is 412 Å². The maximum atomic E-state index is 14.3. The molecule has 2 aromatic carbocycles. The predicted molar refractivity (Wildman–Crippen MR) is 273 cm³/mol. The molecule has 7 heterocycles. The largest absolute Gasteiger partial charge is 0.404 e. The van der Waals surface area contributed by atoms with E-state index in [9.17, 15) is 19.2 Å². The predicted octanol–water partition coefficient (Wildman–Crippen LogP) is 6.69. The standard InChI is InChI=1S/C54H72N12O4/c1-4-38-12-6-9-26-65(38)47-20-23-56-51(58-47)44(31-55)53(69)57-45-29-37-34-66(54(70)43(37)30-46(45)64-24-7-5-8-25-64)40-16-14-35(15-17-40)32-61(2)39-21-27-63(28-22-39)33-36-11-10-13-41-49(60-62(3)50(36)41)42-18-19-48(67)59-52(42)68/h10-11,13,20,23,29-31,35,38-40,42H,4-9,12,14-19,21-22,24-28,32-34,55H2,1-3H3,(H,57,69)(H,59,67,68). The van der Waals surface area contributed by atoms with Crippen molar-refractivity contribution in [1.82, 2.24) is 39.8 Å². The van der Waals surface area contributed by atoms with E-state index in [1.54, 1.807) is 6.20 Å². The fraction of sp³-hybridized carbons (Fsp3) is 0.574. The third kappa shape index (κ3) is 9.77. The number of hydrogen-bond donors (Lipinski definition) is 3. The van der Waals surface area contributed by atoms with Crippen molar-refractivity contribution in [3.8, 4) is 0 Å². The van der Waals surface area contributed by atoms with Gasteiger partial charge in [0.1, 0.15) is 5.82 Å². The van der Waals surface area contributed by atoms with Crippen LogP contribution < -0.4 is 26.2 Å². The number of amides is 4. The molecule has 372 valence electrons. The second kappa shape index (κ2) is 20.8. The Hall–Kier alpha value is -5.87. The minimum Gasteiger partial charge on any atom is -0.404 e. The lowest BCUT2D eigenvalue weighted by Crippen LogP contribution is -2.45. The average Bonchev–Trinajstić information content (AvgIpc) is 3.89. The number of nitrogens with two attached hydrogens (primary N) is 1. The van der Waals surface area contributed by atoms with E-state index in [0.29, 0.717) is 48.9 Å². The number of nitrogens with zero attached hydrogens (tertiary/aromatic N) is 9. The van der Waals surface area contributed by atoms with Gasteiger partial charge in [0.25, 0.3) is 11.8 Å². The number of rotatable bonds is 13. The van der Waals surface area contributed by atoms with E-state index in [2.05, 4.69) is 72.3 Å². The van der Waals surface area contributed by atoms with Crippen LogP contribution in [-0.4, -0.2) is 123 Å². The normalized spacial score (nSPS) is 24.1. The van der Waals surface area contributed by atoms with Crippen LogP contribution in [0.1, 0.15) is 142 Å². The summed E-state index contributed by atoms with van der Waals surface area (Å²) in [4.78, 5) is 74.4. The Morgan fingerprint density at radius 1 is 0.914 bits per heavy atom. The number of carbonyl (C=O) groups excluding carboxylic acids is 4. The lowest BCUT2D eigenvalue weighted by Gasteiger charge is -2.40. The van der Waals surface area contributed by atoms with Gasteiger partial charge >= 0.3 is 0 Å². The first-order chi connectivity index (χ1) is 34.1. The molecule has 4 N–H and O–H groups in total. The number of carbonyl (C=O) groups is 4. The van der Waals surface area contributed by atoms with Crippen molar-refractivity contribution < 1.29 is 19.2 Å². The first-order valence-electron chi connectivity index (χ1n) is 26.3. The topological polar surface area (TPSA) is 178 Å². The van der Waals surface area contributed by atoms with Gasteiger partial charge in [-0.15, -0.1) is 0 Å². The quantitative estimate of drug-likeness (QED) is 0.0957. The highest BCUT2D eigenvalue weighted by Crippen LogP contribution is 2.40. The summed E-state index contributed by atoms with van der Waals surface area (Å²) in [6.45, 7) is 9.36. The van der Waals surface area contributed by atoms with Gasteiger partial charge in [-0.3, -0.25) is 34.1 Å². The molecule has 2 atom stereocenters. The Morgan fingerprint density at radius 2 is 1.70 bits per heavy atom. The monoisotopic (exact) mass is 953 g/mol. The molecule has 1 saturated carbocycles.